The molecular weight excluding hydrogens is 348 g/mol. The second kappa shape index (κ2) is 7.61. The van der Waals surface area contributed by atoms with Crippen molar-refractivity contribution >= 4 is 0 Å². The van der Waals surface area contributed by atoms with E-state index in [0.29, 0.717) is 17.9 Å². The number of aromatic nitrogens is 1. The molecule has 3 nitrogen and oxygen atoms in total. The predicted octanol–water partition coefficient (Wildman–Crippen LogP) is 5.05. The summed E-state index contributed by atoms with van der Waals surface area (Å²) in [7, 11) is 0. The molecule has 0 unspecified atom stereocenters. The molecule has 7 heteroatoms. The summed E-state index contributed by atoms with van der Waals surface area (Å²) in [5, 5.41) is 0. The summed E-state index contributed by atoms with van der Waals surface area (Å²) >= 11 is 0. The van der Waals surface area contributed by atoms with E-state index in [4.69, 9.17) is 10.5 Å². The van der Waals surface area contributed by atoms with Crippen LogP contribution in [0.1, 0.15) is 32.8 Å². The minimum absolute atomic E-state index is 0.0442. The standard InChI is InChI=1S/C19H22F4N2O/c1-12(2)10-18(3,24)11-26-16-5-4-13(8-15(16)19(21,22)23)14-6-7-25-17(20)9-14/h4-9,12H,10-11,24H2,1-3H3/t18-/m1/s1. The smallest absolute Gasteiger partial charge is 0.419 e. The number of nitrogens with zero attached hydrogens (tertiary/aromatic N) is 1. The van der Waals surface area contributed by atoms with Crippen LogP contribution in [-0.2, 0) is 6.18 Å². The molecule has 0 amide bonds. The molecule has 0 radical (unpaired) electrons. The van der Waals surface area contributed by atoms with E-state index in [1.807, 2.05) is 13.8 Å². The average Bonchev–Trinajstić information content (AvgIpc) is 2.51. The van der Waals surface area contributed by atoms with Crippen molar-refractivity contribution in [1.29, 1.82) is 0 Å². The summed E-state index contributed by atoms with van der Waals surface area (Å²) in [6.07, 6.45) is -2.79. The van der Waals surface area contributed by atoms with Gasteiger partial charge in [0.2, 0.25) is 5.95 Å². The number of benzene rings is 1. The molecule has 26 heavy (non-hydrogen) atoms. The van der Waals surface area contributed by atoms with Crippen LogP contribution in [0.2, 0.25) is 0 Å². The van der Waals surface area contributed by atoms with Crippen LogP contribution in [-0.4, -0.2) is 17.1 Å². The second-order valence-corrected chi connectivity index (χ2v) is 7.12. The molecule has 0 saturated heterocycles. The van der Waals surface area contributed by atoms with E-state index in [-0.39, 0.29) is 17.9 Å². The highest BCUT2D eigenvalue weighted by molar-refractivity contribution is 5.65. The summed E-state index contributed by atoms with van der Waals surface area (Å²) < 4.78 is 59.0. The molecule has 0 spiro atoms. The van der Waals surface area contributed by atoms with Gasteiger partial charge in [0, 0.05) is 17.8 Å². The lowest BCUT2D eigenvalue weighted by Crippen LogP contribution is -2.43. The normalized spacial score (nSPS) is 14.3. The highest BCUT2D eigenvalue weighted by Crippen LogP contribution is 2.39. The second-order valence-electron chi connectivity index (χ2n) is 7.12. The van der Waals surface area contributed by atoms with Crippen molar-refractivity contribution in [2.75, 3.05) is 6.61 Å². The number of halogens is 4. The fraction of sp³-hybridized carbons (Fsp3) is 0.421. The van der Waals surface area contributed by atoms with Gasteiger partial charge in [0.1, 0.15) is 12.4 Å². The quantitative estimate of drug-likeness (QED) is 0.572. The van der Waals surface area contributed by atoms with Gasteiger partial charge in [-0.3, -0.25) is 0 Å². The first-order valence-corrected chi connectivity index (χ1v) is 8.23. The number of hydrogen-bond donors (Lipinski definition) is 1. The Bertz CT molecular complexity index is 757. The number of hydrogen-bond acceptors (Lipinski definition) is 3. The maximum Gasteiger partial charge on any atom is 0.419 e. The van der Waals surface area contributed by atoms with Gasteiger partial charge >= 0.3 is 6.18 Å². The molecule has 0 saturated carbocycles. The Hall–Kier alpha value is -2.15. The lowest BCUT2D eigenvalue weighted by molar-refractivity contribution is -0.139. The van der Waals surface area contributed by atoms with Crippen molar-refractivity contribution < 1.29 is 22.3 Å². The molecule has 1 atom stereocenters. The monoisotopic (exact) mass is 370 g/mol. The Kier molecular flexibility index (Phi) is 5.91. The zero-order valence-corrected chi connectivity index (χ0v) is 14.9. The summed E-state index contributed by atoms with van der Waals surface area (Å²) in [4.78, 5) is 3.41. The van der Waals surface area contributed by atoms with Gasteiger partial charge in [0.05, 0.1) is 5.56 Å². The molecule has 0 aliphatic carbocycles. The van der Waals surface area contributed by atoms with E-state index in [1.165, 1.54) is 24.4 Å². The van der Waals surface area contributed by atoms with Crippen LogP contribution < -0.4 is 10.5 Å². The lowest BCUT2D eigenvalue weighted by atomic mass is 9.93. The minimum atomic E-state index is -4.61. The van der Waals surface area contributed by atoms with E-state index in [9.17, 15) is 17.6 Å². The van der Waals surface area contributed by atoms with Crippen LogP contribution in [0.4, 0.5) is 17.6 Å². The van der Waals surface area contributed by atoms with Crippen LogP contribution >= 0.6 is 0 Å². The molecular formula is C19H22F4N2O. The van der Waals surface area contributed by atoms with Gasteiger partial charge in [-0.2, -0.15) is 17.6 Å². The van der Waals surface area contributed by atoms with Crippen molar-refractivity contribution in [3.8, 4) is 16.9 Å². The third kappa shape index (κ3) is 5.42. The molecule has 2 aromatic rings. The fourth-order valence-corrected chi connectivity index (χ4v) is 2.87. The molecule has 0 fully saturated rings. The zero-order valence-electron chi connectivity index (χ0n) is 14.9. The van der Waals surface area contributed by atoms with Gasteiger partial charge in [-0.05, 0) is 48.6 Å². The molecule has 2 rings (SSSR count). The van der Waals surface area contributed by atoms with Gasteiger partial charge in [-0.15, -0.1) is 0 Å². The Morgan fingerprint density at radius 2 is 1.77 bits per heavy atom. The van der Waals surface area contributed by atoms with Crippen LogP contribution in [0.25, 0.3) is 11.1 Å². The fourth-order valence-electron chi connectivity index (χ4n) is 2.87. The Labute approximate surface area is 150 Å². The molecule has 0 aliphatic heterocycles. The van der Waals surface area contributed by atoms with Gasteiger partial charge in [-0.25, -0.2) is 4.98 Å². The van der Waals surface area contributed by atoms with Crippen LogP contribution in [0, 0.1) is 11.9 Å². The van der Waals surface area contributed by atoms with Crippen molar-refractivity contribution in [3.05, 3.63) is 48.0 Å². The van der Waals surface area contributed by atoms with E-state index in [0.717, 1.165) is 12.1 Å². The largest absolute Gasteiger partial charge is 0.491 e. The summed E-state index contributed by atoms with van der Waals surface area (Å²) in [5.74, 6) is -0.764. The minimum Gasteiger partial charge on any atom is -0.491 e. The Balaban J connectivity index is 2.32. The van der Waals surface area contributed by atoms with Gasteiger partial charge in [0.25, 0.3) is 0 Å². The zero-order chi connectivity index (χ0) is 19.5. The predicted molar refractivity (Wildman–Crippen MR) is 92.2 cm³/mol. The summed E-state index contributed by atoms with van der Waals surface area (Å²) in [6.45, 7) is 5.66. The van der Waals surface area contributed by atoms with Crippen molar-refractivity contribution in [3.63, 3.8) is 0 Å². The SMILES string of the molecule is CC(C)C[C@@](C)(N)COc1ccc(-c2ccnc(F)c2)cc1C(F)(F)F. The number of pyridine rings is 1. The number of rotatable bonds is 6. The van der Waals surface area contributed by atoms with E-state index < -0.39 is 23.2 Å². The van der Waals surface area contributed by atoms with E-state index in [1.54, 1.807) is 6.92 Å². The highest BCUT2D eigenvalue weighted by Gasteiger charge is 2.35. The summed E-state index contributed by atoms with van der Waals surface area (Å²) in [6, 6.07) is 6.16. The van der Waals surface area contributed by atoms with Gasteiger partial charge < -0.3 is 10.5 Å². The van der Waals surface area contributed by atoms with Crippen molar-refractivity contribution in [2.45, 2.75) is 38.9 Å². The van der Waals surface area contributed by atoms with Gasteiger partial charge in [0.15, 0.2) is 0 Å². The molecule has 2 N–H and O–H groups in total. The van der Waals surface area contributed by atoms with Crippen molar-refractivity contribution in [1.82, 2.24) is 4.98 Å². The Morgan fingerprint density at radius 3 is 2.35 bits per heavy atom. The first kappa shape index (κ1) is 20.2. The van der Waals surface area contributed by atoms with Crippen molar-refractivity contribution in [2.24, 2.45) is 11.7 Å². The lowest BCUT2D eigenvalue weighted by Gasteiger charge is -2.27. The van der Waals surface area contributed by atoms with Gasteiger partial charge in [-0.1, -0.05) is 19.9 Å². The molecule has 0 bridgehead atoms. The molecule has 1 aromatic heterocycles. The topological polar surface area (TPSA) is 48.1 Å². The summed E-state index contributed by atoms with van der Waals surface area (Å²) in [5.41, 5.74) is 4.97. The number of nitrogens with two attached hydrogens (primary N) is 1. The van der Waals surface area contributed by atoms with Crippen LogP contribution in [0.15, 0.2) is 36.5 Å². The number of alkyl halides is 3. The van der Waals surface area contributed by atoms with E-state index in [2.05, 4.69) is 4.98 Å². The third-order valence-corrected chi connectivity index (χ3v) is 3.78. The average molecular weight is 370 g/mol. The maximum absolute atomic E-state index is 13.5. The first-order valence-electron chi connectivity index (χ1n) is 8.23. The molecule has 0 aliphatic rings. The highest BCUT2D eigenvalue weighted by atomic mass is 19.4. The third-order valence-electron chi connectivity index (χ3n) is 3.78. The number of ether oxygens (including phenoxy) is 1. The van der Waals surface area contributed by atoms with E-state index >= 15 is 0 Å². The molecule has 142 valence electrons. The van der Waals surface area contributed by atoms with Crippen LogP contribution in [0.3, 0.4) is 0 Å². The maximum atomic E-state index is 13.5. The molecule has 1 heterocycles. The Morgan fingerprint density at radius 1 is 1.12 bits per heavy atom. The first-order chi connectivity index (χ1) is 12.0. The molecule has 1 aromatic carbocycles. The van der Waals surface area contributed by atoms with Crippen LogP contribution in [0.5, 0.6) is 5.75 Å².